The summed E-state index contributed by atoms with van der Waals surface area (Å²) >= 11 is 0. The molecule has 5 aromatic rings. The van der Waals surface area contributed by atoms with Crippen molar-refractivity contribution in [3.63, 3.8) is 0 Å². The van der Waals surface area contributed by atoms with E-state index in [4.69, 9.17) is 28.4 Å². The molecule has 0 aliphatic carbocycles. The van der Waals surface area contributed by atoms with Crippen LogP contribution in [0.3, 0.4) is 0 Å². The molecular weight excluding hydrogens is 859 g/mol. The highest BCUT2D eigenvalue weighted by Crippen LogP contribution is 2.37. The van der Waals surface area contributed by atoms with Gasteiger partial charge in [-0.3, -0.25) is 24.0 Å². The minimum Gasteiger partial charge on any atom is -0.462 e. The summed E-state index contributed by atoms with van der Waals surface area (Å²) in [5.41, 5.74) is 8.51. The van der Waals surface area contributed by atoms with E-state index >= 15 is 0 Å². The second-order valence-corrected chi connectivity index (χ2v) is 14.8. The molecule has 5 rings (SSSR count). The van der Waals surface area contributed by atoms with Gasteiger partial charge in [-0.15, -0.1) is 0 Å². The zero-order valence-electron chi connectivity index (χ0n) is 37.3. The summed E-state index contributed by atoms with van der Waals surface area (Å²) in [6.45, 7) is 9.61. The van der Waals surface area contributed by atoms with E-state index in [0.29, 0.717) is 5.56 Å². The monoisotopic (exact) mass is 909 g/mol. The van der Waals surface area contributed by atoms with E-state index in [0.717, 1.165) is 68.9 Å². The highest BCUT2D eigenvalue weighted by Gasteiger charge is 2.18. The molecule has 0 heterocycles. The fraction of sp³-hybridized carbons (Fsp3) is 0.226. The molecule has 2 atom stereocenters. The number of rotatable bonds is 24. The van der Waals surface area contributed by atoms with Crippen molar-refractivity contribution in [1.29, 1.82) is 0 Å². The molecule has 0 amide bonds. The summed E-state index contributed by atoms with van der Waals surface area (Å²) in [4.78, 5) is 84.5. The van der Waals surface area contributed by atoms with Crippen molar-refractivity contribution in [2.45, 2.75) is 51.7 Å². The van der Waals surface area contributed by atoms with Crippen LogP contribution in [0.4, 0.5) is 17.1 Å². The third-order valence-electron chi connectivity index (χ3n) is 10.2. The Morgan fingerprint density at radius 3 is 1.07 bits per heavy atom. The van der Waals surface area contributed by atoms with Gasteiger partial charge in [0.1, 0.15) is 44.9 Å². The van der Waals surface area contributed by atoms with Gasteiger partial charge in [0.15, 0.2) is 0 Å². The molecule has 0 aromatic heterocycles. The Morgan fingerprint density at radius 1 is 0.448 bits per heavy atom. The molecule has 346 valence electrons. The molecule has 0 saturated heterocycles. The van der Waals surface area contributed by atoms with Gasteiger partial charge in [-0.05, 0) is 95.8 Å². The van der Waals surface area contributed by atoms with E-state index in [-0.39, 0.29) is 52.1 Å². The fourth-order valence-corrected chi connectivity index (χ4v) is 6.56. The second kappa shape index (κ2) is 25.4. The largest absolute Gasteiger partial charge is 0.462 e. The first kappa shape index (κ1) is 49.9. The Morgan fingerprint density at radius 2 is 0.746 bits per heavy atom. The zero-order chi connectivity index (χ0) is 48.1. The van der Waals surface area contributed by atoms with E-state index in [1.807, 2.05) is 109 Å². The smallest absolute Gasteiger partial charge is 0.330 e. The lowest BCUT2D eigenvalue weighted by Gasteiger charge is -2.26. The molecule has 14 nitrogen and oxygen atoms in total. The first-order chi connectivity index (χ1) is 32.4. The van der Waals surface area contributed by atoms with Gasteiger partial charge in [0.25, 0.3) is 0 Å². The van der Waals surface area contributed by atoms with Gasteiger partial charge in [-0.1, -0.05) is 86.0 Å². The van der Waals surface area contributed by atoms with E-state index in [1.54, 1.807) is 26.0 Å². The summed E-state index contributed by atoms with van der Waals surface area (Å²) in [5.74, 6) is -3.56. The summed E-state index contributed by atoms with van der Waals surface area (Å²) in [5, 5.41) is 0. The first-order valence-electron chi connectivity index (χ1n) is 21.4. The van der Waals surface area contributed by atoms with Crippen LogP contribution in [-0.4, -0.2) is 68.5 Å². The lowest BCUT2D eigenvalue weighted by molar-refractivity contribution is -0.154. The molecule has 0 radical (unpaired) electrons. The number of carbonyl (C=O) groups excluding carboxylic acids is 7. The molecule has 0 aliphatic rings. The summed E-state index contributed by atoms with van der Waals surface area (Å²) in [7, 11) is 0. The number of nitrogens with zero attached hydrogens (tertiary/aromatic N) is 1. The van der Waals surface area contributed by atoms with E-state index in [9.17, 15) is 33.6 Å². The average Bonchev–Trinajstić information content (AvgIpc) is 3.35. The lowest BCUT2D eigenvalue weighted by atomic mass is 10.0. The van der Waals surface area contributed by atoms with Gasteiger partial charge in [-0.25, -0.2) is 9.59 Å². The van der Waals surface area contributed by atoms with Crippen molar-refractivity contribution >= 4 is 59.2 Å². The third-order valence-corrected chi connectivity index (χ3v) is 10.2. The summed E-state index contributed by atoms with van der Waals surface area (Å²) in [6, 6.07) is 38.7. The predicted octanol–water partition coefficient (Wildman–Crippen LogP) is 9.62. The van der Waals surface area contributed by atoms with E-state index in [2.05, 4.69) is 18.1 Å². The number of ether oxygens (including phenoxy) is 6. The van der Waals surface area contributed by atoms with Gasteiger partial charge >= 0.3 is 35.8 Å². The molecule has 2 unspecified atom stereocenters. The number of carbonyl (C=O) groups is 7. The standard InChI is InChI=1S/C53H51NO13/c1-5-48(56)62-31-33-64-50(58)27-29-52(60)66-36(3)39-9-13-41(14-10-39)43-17-23-46(24-18-43)54(45-21-7-38(35-55)8-22-45)47-25-19-44(20-26-47)42-15-11-40(12-16-42)37(4)67-53(61)30-28-51(59)65-34-32-63-49(57)6-2/h5-26,35-37H,1-2,27-34H2,3-4H3. The number of esters is 6. The van der Waals surface area contributed by atoms with Gasteiger partial charge in [0.2, 0.25) is 0 Å². The zero-order valence-corrected chi connectivity index (χ0v) is 37.3. The number of aldehydes is 1. The molecule has 0 aliphatic heterocycles. The highest BCUT2D eigenvalue weighted by molar-refractivity contribution is 5.83. The average molecular weight is 910 g/mol. The van der Waals surface area contributed by atoms with Crippen molar-refractivity contribution in [2.24, 2.45) is 0 Å². The maximum absolute atomic E-state index is 12.4. The van der Waals surface area contributed by atoms with Crippen molar-refractivity contribution < 1.29 is 62.0 Å². The minimum absolute atomic E-state index is 0.108. The molecule has 0 fully saturated rings. The molecule has 0 saturated carbocycles. The molecule has 0 N–H and O–H groups in total. The van der Waals surface area contributed by atoms with Crippen LogP contribution in [0.5, 0.6) is 0 Å². The SMILES string of the molecule is C=CC(=O)OCCOC(=O)CCC(=O)OC(C)c1ccc(-c2ccc(N(c3ccc(C=O)cc3)c3ccc(-c4ccc(C(C)OC(=O)CCC(=O)OCCOC(=O)C=C)cc4)cc3)cc2)cc1. The lowest BCUT2D eigenvalue weighted by Crippen LogP contribution is -2.15. The highest BCUT2D eigenvalue weighted by atomic mass is 16.6. The Balaban J connectivity index is 1.18. The van der Waals surface area contributed by atoms with Crippen molar-refractivity contribution in [2.75, 3.05) is 31.3 Å². The van der Waals surface area contributed by atoms with Crippen LogP contribution in [0.15, 0.2) is 147 Å². The molecular formula is C53H51NO13. The minimum atomic E-state index is -0.621. The van der Waals surface area contributed by atoms with Crippen LogP contribution in [0, 0.1) is 0 Å². The van der Waals surface area contributed by atoms with Gasteiger partial charge in [0, 0.05) is 34.8 Å². The van der Waals surface area contributed by atoms with E-state index in [1.165, 1.54) is 0 Å². The predicted molar refractivity (Wildman–Crippen MR) is 249 cm³/mol. The number of anilines is 3. The molecule has 67 heavy (non-hydrogen) atoms. The maximum atomic E-state index is 12.4. The van der Waals surface area contributed by atoms with Crippen LogP contribution in [-0.2, 0) is 57.2 Å². The third kappa shape index (κ3) is 15.5. The molecule has 14 heteroatoms. The number of benzene rings is 5. The van der Waals surface area contributed by atoms with Crippen molar-refractivity contribution in [1.82, 2.24) is 0 Å². The molecule has 5 aromatic carbocycles. The van der Waals surface area contributed by atoms with Gasteiger partial charge in [-0.2, -0.15) is 0 Å². The first-order valence-corrected chi connectivity index (χ1v) is 21.4. The van der Waals surface area contributed by atoms with Gasteiger partial charge < -0.3 is 33.3 Å². The van der Waals surface area contributed by atoms with Crippen molar-refractivity contribution in [3.05, 3.63) is 163 Å². The summed E-state index contributed by atoms with van der Waals surface area (Å²) < 4.78 is 30.5. The van der Waals surface area contributed by atoms with Crippen molar-refractivity contribution in [3.8, 4) is 22.3 Å². The Kier molecular flexibility index (Phi) is 18.9. The quantitative estimate of drug-likeness (QED) is 0.0188. The topological polar surface area (TPSA) is 178 Å². The van der Waals surface area contributed by atoms with Crippen LogP contribution < -0.4 is 4.90 Å². The Bertz CT molecular complexity index is 2350. The molecule has 0 spiro atoms. The van der Waals surface area contributed by atoms with E-state index < -0.39 is 48.0 Å². The van der Waals surface area contributed by atoms with Gasteiger partial charge in [0.05, 0.1) is 25.7 Å². The molecule has 0 bridgehead atoms. The second-order valence-electron chi connectivity index (χ2n) is 14.8. The van der Waals surface area contributed by atoms with Crippen LogP contribution in [0.25, 0.3) is 22.3 Å². The fourth-order valence-electron chi connectivity index (χ4n) is 6.56. The number of hydrogen-bond donors (Lipinski definition) is 0. The Hall–Kier alpha value is -8.13. The van der Waals surface area contributed by atoms with Crippen LogP contribution in [0.1, 0.15) is 73.2 Å². The maximum Gasteiger partial charge on any atom is 0.330 e. The normalized spacial score (nSPS) is 11.4. The van der Waals surface area contributed by atoms with Crippen LogP contribution in [0.2, 0.25) is 0 Å². The summed E-state index contributed by atoms with van der Waals surface area (Å²) in [6.07, 6.45) is 1.03. The number of hydrogen-bond acceptors (Lipinski definition) is 14. The Labute approximate surface area is 388 Å². The van der Waals surface area contributed by atoms with Crippen LogP contribution >= 0.6 is 0 Å².